The minimum atomic E-state index is 0.183. The zero-order valence-corrected chi connectivity index (χ0v) is 15.6. The van der Waals surface area contributed by atoms with Crippen LogP contribution in [0.5, 0.6) is 5.88 Å². The molecule has 1 aliphatic heterocycles. The molecule has 5 nitrogen and oxygen atoms in total. The van der Waals surface area contributed by atoms with Gasteiger partial charge >= 0.3 is 0 Å². The number of ketones is 1. The maximum absolute atomic E-state index is 12.7. The maximum atomic E-state index is 12.7. The summed E-state index contributed by atoms with van der Waals surface area (Å²) in [6.07, 6.45) is 4.84. The van der Waals surface area contributed by atoms with Gasteiger partial charge in [-0.05, 0) is 34.4 Å². The quantitative estimate of drug-likeness (QED) is 0.707. The van der Waals surface area contributed by atoms with E-state index in [-0.39, 0.29) is 5.78 Å². The maximum Gasteiger partial charge on any atom is 0.224 e. The molecule has 2 aromatic carbocycles. The Morgan fingerprint density at radius 3 is 2.79 bits per heavy atom. The highest BCUT2D eigenvalue weighted by molar-refractivity contribution is 6.04. The van der Waals surface area contributed by atoms with Gasteiger partial charge in [0.2, 0.25) is 11.8 Å². The molecule has 28 heavy (non-hydrogen) atoms. The number of Topliss-reactive ketones (excluding diaryl/α,β-unsaturated/α-hetero) is 1. The molecule has 0 amide bonds. The van der Waals surface area contributed by atoms with E-state index in [1.54, 1.807) is 10.9 Å². The van der Waals surface area contributed by atoms with Crippen molar-refractivity contribution in [3.63, 3.8) is 0 Å². The van der Waals surface area contributed by atoms with Crippen LogP contribution in [0.4, 0.5) is 0 Å². The van der Waals surface area contributed by atoms with Gasteiger partial charge in [-0.2, -0.15) is 5.10 Å². The molecule has 0 fully saturated rings. The van der Waals surface area contributed by atoms with Gasteiger partial charge < -0.3 is 4.74 Å². The Kier molecular flexibility index (Phi) is 3.93. The van der Waals surface area contributed by atoms with Crippen molar-refractivity contribution in [1.82, 2.24) is 9.78 Å². The SMILES string of the molecule is Cn1nccc1OC1=NCc2cc3c(cc21)C=C(C(=O)Cc1ccccc1)C3. The smallest absolute Gasteiger partial charge is 0.224 e. The fourth-order valence-corrected chi connectivity index (χ4v) is 3.74. The number of aliphatic imine (C=N–C) groups is 1. The Morgan fingerprint density at radius 2 is 2.00 bits per heavy atom. The number of aromatic nitrogens is 2. The standard InChI is InChI=1S/C23H19N3O2/c1-26-22(7-8-25-26)28-23-20-13-17-11-18(10-16(17)12-19(20)14-24-23)21(27)9-15-5-3-2-4-6-15/h2-8,11-13H,9-10,14H2,1H3. The number of fused-ring (bicyclic) bond motifs is 2. The number of benzene rings is 2. The van der Waals surface area contributed by atoms with E-state index in [2.05, 4.69) is 22.2 Å². The van der Waals surface area contributed by atoms with Gasteiger partial charge in [0.25, 0.3) is 0 Å². The first kappa shape index (κ1) is 16.7. The van der Waals surface area contributed by atoms with Crippen LogP contribution in [-0.2, 0) is 31.2 Å². The van der Waals surface area contributed by atoms with E-state index in [0.29, 0.717) is 31.2 Å². The van der Waals surface area contributed by atoms with Gasteiger partial charge in [-0.15, -0.1) is 0 Å². The summed E-state index contributed by atoms with van der Waals surface area (Å²) in [5, 5.41) is 4.13. The third kappa shape index (κ3) is 2.95. The van der Waals surface area contributed by atoms with E-state index < -0.39 is 0 Å². The van der Waals surface area contributed by atoms with Crippen LogP contribution in [0, 0.1) is 0 Å². The summed E-state index contributed by atoms with van der Waals surface area (Å²) in [5.74, 6) is 1.45. The van der Waals surface area contributed by atoms with E-state index in [1.165, 1.54) is 5.56 Å². The lowest BCUT2D eigenvalue weighted by Crippen LogP contribution is -2.11. The number of nitrogens with zero attached hydrogens (tertiary/aromatic N) is 3. The fourth-order valence-electron chi connectivity index (χ4n) is 3.74. The number of hydrogen-bond donors (Lipinski definition) is 0. The Balaban J connectivity index is 1.38. The molecule has 0 saturated carbocycles. The lowest BCUT2D eigenvalue weighted by atomic mass is 9.99. The average Bonchev–Trinajstić information content (AvgIpc) is 3.40. The van der Waals surface area contributed by atoms with Crippen LogP contribution in [0.2, 0.25) is 0 Å². The zero-order valence-electron chi connectivity index (χ0n) is 15.6. The molecule has 1 aromatic heterocycles. The molecule has 5 rings (SSSR count). The monoisotopic (exact) mass is 369 g/mol. The van der Waals surface area contributed by atoms with Crippen molar-refractivity contribution >= 4 is 17.8 Å². The lowest BCUT2D eigenvalue weighted by Gasteiger charge is -2.08. The number of carbonyl (C=O) groups excluding carboxylic acids is 1. The van der Waals surface area contributed by atoms with Crippen LogP contribution in [-0.4, -0.2) is 21.5 Å². The van der Waals surface area contributed by atoms with Gasteiger partial charge in [-0.3, -0.25) is 4.79 Å². The van der Waals surface area contributed by atoms with E-state index in [9.17, 15) is 4.79 Å². The number of allylic oxidation sites excluding steroid dienone is 1. The summed E-state index contributed by atoms with van der Waals surface area (Å²) in [5.41, 5.74) is 6.32. The molecule has 2 aliphatic rings. The summed E-state index contributed by atoms with van der Waals surface area (Å²) >= 11 is 0. The fraction of sp³-hybridized carbons (Fsp3) is 0.174. The van der Waals surface area contributed by atoms with Crippen LogP contribution < -0.4 is 4.74 Å². The molecule has 2 heterocycles. The van der Waals surface area contributed by atoms with Crippen molar-refractivity contribution < 1.29 is 9.53 Å². The summed E-state index contributed by atoms with van der Waals surface area (Å²) in [6.45, 7) is 0.600. The third-order valence-corrected chi connectivity index (χ3v) is 5.24. The molecular formula is C23H19N3O2. The highest BCUT2D eigenvalue weighted by Crippen LogP contribution is 2.32. The second kappa shape index (κ2) is 6.60. The summed E-state index contributed by atoms with van der Waals surface area (Å²) in [6, 6.07) is 16.0. The van der Waals surface area contributed by atoms with Gasteiger partial charge in [-0.1, -0.05) is 36.4 Å². The van der Waals surface area contributed by atoms with Crippen LogP contribution in [0.25, 0.3) is 6.08 Å². The third-order valence-electron chi connectivity index (χ3n) is 5.24. The van der Waals surface area contributed by atoms with E-state index in [0.717, 1.165) is 27.8 Å². The first-order valence-corrected chi connectivity index (χ1v) is 9.31. The average molecular weight is 369 g/mol. The van der Waals surface area contributed by atoms with Gasteiger partial charge in [0.15, 0.2) is 5.78 Å². The Morgan fingerprint density at radius 1 is 1.14 bits per heavy atom. The van der Waals surface area contributed by atoms with Gasteiger partial charge in [0.1, 0.15) is 0 Å². The van der Waals surface area contributed by atoms with Crippen LogP contribution in [0.1, 0.15) is 27.8 Å². The molecule has 1 aliphatic carbocycles. The summed E-state index contributed by atoms with van der Waals surface area (Å²) in [4.78, 5) is 17.3. The second-order valence-corrected chi connectivity index (χ2v) is 7.16. The molecule has 0 spiro atoms. The first-order chi connectivity index (χ1) is 13.7. The normalized spacial score (nSPS) is 14.3. The van der Waals surface area contributed by atoms with Crippen LogP contribution in [0.3, 0.4) is 0 Å². The van der Waals surface area contributed by atoms with E-state index >= 15 is 0 Å². The molecular weight excluding hydrogens is 350 g/mol. The lowest BCUT2D eigenvalue weighted by molar-refractivity contribution is -0.114. The molecule has 0 saturated heterocycles. The molecule has 138 valence electrons. The van der Waals surface area contributed by atoms with Crippen LogP contribution in [0.15, 0.2) is 65.3 Å². The van der Waals surface area contributed by atoms with Crippen molar-refractivity contribution in [3.8, 4) is 5.88 Å². The molecule has 5 heteroatoms. The molecule has 0 bridgehead atoms. The minimum absolute atomic E-state index is 0.183. The molecule has 0 radical (unpaired) electrons. The zero-order chi connectivity index (χ0) is 19.1. The topological polar surface area (TPSA) is 56.5 Å². The highest BCUT2D eigenvalue weighted by Gasteiger charge is 2.25. The van der Waals surface area contributed by atoms with E-state index in [4.69, 9.17) is 4.74 Å². The Hall–Kier alpha value is -3.47. The van der Waals surface area contributed by atoms with Crippen molar-refractivity contribution in [2.45, 2.75) is 19.4 Å². The van der Waals surface area contributed by atoms with Gasteiger partial charge in [0.05, 0.1) is 12.7 Å². The molecule has 0 unspecified atom stereocenters. The van der Waals surface area contributed by atoms with Crippen molar-refractivity contribution in [1.29, 1.82) is 0 Å². The predicted octanol–water partition coefficient (Wildman–Crippen LogP) is 3.51. The summed E-state index contributed by atoms with van der Waals surface area (Å²) in [7, 11) is 1.84. The Labute approximate surface area is 163 Å². The minimum Gasteiger partial charge on any atom is -0.421 e. The first-order valence-electron chi connectivity index (χ1n) is 9.31. The highest BCUT2D eigenvalue weighted by atomic mass is 16.5. The number of hydrogen-bond acceptors (Lipinski definition) is 4. The van der Waals surface area contributed by atoms with Crippen molar-refractivity contribution in [2.24, 2.45) is 12.0 Å². The molecule has 3 aromatic rings. The predicted molar refractivity (Wildman–Crippen MR) is 107 cm³/mol. The number of aryl methyl sites for hydroxylation is 1. The van der Waals surface area contributed by atoms with Crippen molar-refractivity contribution in [2.75, 3.05) is 0 Å². The van der Waals surface area contributed by atoms with Gasteiger partial charge in [0, 0.05) is 37.1 Å². The number of ether oxygens (including phenoxy) is 1. The van der Waals surface area contributed by atoms with Crippen LogP contribution >= 0.6 is 0 Å². The summed E-state index contributed by atoms with van der Waals surface area (Å²) < 4.78 is 7.62. The number of carbonyl (C=O) groups is 1. The second-order valence-electron chi connectivity index (χ2n) is 7.16. The molecule has 0 atom stereocenters. The largest absolute Gasteiger partial charge is 0.421 e. The molecule has 0 N–H and O–H groups in total. The van der Waals surface area contributed by atoms with Crippen molar-refractivity contribution in [3.05, 3.63) is 88.1 Å². The van der Waals surface area contributed by atoms with Gasteiger partial charge in [-0.25, -0.2) is 9.67 Å². The van der Waals surface area contributed by atoms with E-state index in [1.807, 2.05) is 49.5 Å². The number of rotatable bonds is 4. The Bertz CT molecular complexity index is 1140.